The average molecular weight is 321 g/mol. The van der Waals surface area contributed by atoms with Gasteiger partial charge in [0.1, 0.15) is 16.5 Å². The summed E-state index contributed by atoms with van der Waals surface area (Å²) in [5.74, 6) is -2.44. The van der Waals surface area contributed by atoms with E-state index in [1.54, 1.807) is 13.8 Å². The Labute approximate surface area is 121 Å². The van der Waals surface area contributed by atoms with Crippen molar-refractivity contribution >= 4 is 15.9 Å². The number of nitrogens with one attached hydrogen (secondary N) is 1. The molecule has 0 amide bonds. The van der Waals surface area contributed by atoms with Crippen LogP contribution in [0.4, 0.5) is 8.78 Å². The Morgan fingerprint density at radius 2 is 1.95 bits per heavy atom. The van der Waals surface area contributed by atoms with E-state index in [0.29, 0.717) is 6.07 Å². The van der Waals surface area contributed by atoms with Gasteiger partial charge in [-0.3, -0.25) is 0 Å². The molecule has 4 N–H and O–H groups in total. The number of nitrogens with zero attached hydrogens (tertiary/aromatic N) is 1. The number of benzene rings is 1. The predicted octanol–water partition coefficient (Wildman–Crippen LogP) is 1.55. The largest absolute Gasteiger partial charge is 0.409 e. The highest BCUT2D eigenvalue weighted by molar-refractivity contribution is 7.89. The molecule has 0 bridgehead atoms. The van der Waals surface area contributed by atoms with E-state index in [-0.39, 0.29) is 18.7 Å². The molecule has 1 rings (SSSR count). The van der Waals surface area contributed by atoms with Crippen molar-refractivity contribution in [2.45, 2.75) is 37.1 Å². The number of nitrogens with two attached hydrogens (primary N) is 1. The Balaban J connectivity index is 3.31. The highest BCUT2D eigenvalue weighted by Crippen LogP contribution is 2.22. The number of rotatable bonds is 6. The lowest BCUT2D eigenvalue weighted by Gasteiger charge is -2.30. The van der Waals surface area contributed by atoms with Gasteiger partial charge >= 0.3 is 0 Å². The van der Waals surface area contributed by atoms with E-state index in [1.807, 2.05) is 0 Å². The second-order valence-electron chi connectivity index (χ2n) is 4.45. The third kappa shape index (κ3) is 3.48. The lowest BCUT2D eigenvalue weighted by atomic mass is 9.93. The quantitative estimate of drug-likeness (QED) is 0.320. The zero-order valence-corrected chi connectivity index (χ0v) is 12.4. The first kappa shape index (κ1) is 17.3. The average Bonchev–Trinajstić information content (AvgIpc) is 2.43. The molecular weight excluding hydrogens is 304 g/mol. The zero-order chi connectivity index (χ0) is 16.3. The molecule has 0 aliphatic heterocycles. The summed E-state index contributed by atoms with van der Waals surface area (Å²) in [6.45, 7) is 3.26. The molecule has 0 saturated heterocycles. The van der Waals surface area contributed by atoms with Gasteiger partial charge in [-0.05, 0) is 25.0 Å². The van der Waals surface area contributed by atoms with Crippen LogP contribution in [0.15, 0.2) is 28.3 Å². The maximum absolute atomic E-state index is 13.6. The number of sulfonamides is 1. The highest BCUT2D eigenvalue weighted by atomic mass is 32.2. The fourth-order valence-corrected chi connectivity index (χ4v) is 3.49. The van der Waals surface area contributed by atoms with Gasteiger partial charge in [-0.15, -0.1) is 0 Å². The normalized spacial score (nSPS) is 13.4. The molecule has 1 aromatic carbocycles. The standard InChI is InChI=1S/C12H17F2N3O3S/c1-3-12(4-2,11(15)16-18)17-21(19,20)10-6-5-8(13)7-9(10)14/h5-7,17-18H,3-4H2,1-2H3,(H2,15,16). The number of oxime groups is 1. The minimum atomic E-state index is -4.31. The van der Waals surface area contributed by atoms with Crippen LogP contribution in [-0.2, 0) is 10.0 Å². The molecule has 1 aromatic rings. The van der Waals surface area contributed by atoms with Gasteiger partial charge in [-0.25, -0.2) is 17.2 Å². The van der Waals surface area contributed by atoms with Gasteiger partial charge in [0.25, 0.3) is 0 Å². The second kappa shape index (κ2) is 6.35. The molecule has 0 spiro atoms. The molecule has 0 aliphatic rings. The Morgan fingerprint density at radius 1 is 1.38 bits per heavy atom. The van der Waals surface area contributed by atoms with E-state index in [9.17, 15) is 17.2 Å². The third-order valence-corrected chi connectivity index (χ3v) is 4.89. The molecular formula is C12H17F2N3O3S. The van der Waals surface area contributed by atoms with Gasteiger partial charge in [-0.2, -0.15) is 4.72 Å². The molecule has 6 nitrogen and oxygen atoms in total. The Hall–Kier alpha value is -1.74. The number of hydrogen-bond donors (Lipinski definition) is 3. The Kier molecular flexibility index (Phi) is 5.24. The molecule has 0 unspecified atom stereocenters. The van der Waals surface area contributed by atoms with Gasteiger partial charge in [-0.1, -0.05) is 19.0 Å². The minimum absolute atomic E-state index is 0.182. The fraction of sp³-hybridized carbons (Fsp3) is 0.417. The van der Waals surface area contributed by atoms with Crippen LogP contribution in [0.1, 0.15) is 26.7 Å². The third-order valence-electron chi connectivity index (χ3n) is 3.32. The van der Waals surface area contributed by atoms with Gasteiger partial charge in [0.2, 0.25) is 10.0 Å². The molecule has 21 heavy (non-hydrogen) atoms. The highest BCUT2D eigenvalue weighted by Gasteiger charge is 2.37. The lowest BCUT2D eigenvalue weighted by Crippen LogP contribution is -2.56. The zero-order valence-electron chi connectivity index (χ0n) is 11.6. The SMILES string of the molecule is CCC(CC)(NS(=O)(=O)c1ccc(F)cc1F)/C(N)=N/O. The predicted molar refractivity (Wildman–Crippen MR) is 73.4 cm³/mol. The van der Waals surface area contributed by atoms with Crippen LogP contribution < -0.4 is 10.5 Å². The van der Waals surface area contributed by atoms with Gasteiger partial charge in [0.05, 0.1) is 5.54 Å². The minimum Gasteiger partial charge on any atom is -0.409 e. The van der Waals surface area contributed by atoms with Crippen molar-refractivity contribution in [2.75, 3.05) is 0 Å². The summed E-state index contributed by atoms with van der Waals surface area (Å²) < 4.78 is 53.2. The van der Waals surface area contributed by atoms with Crippen LogP contribution in [0.2, 0.25) is 0 Å². The number of hydrogen-bond acceptors (Lipinski definition) is 4. The van der Waals surface area contributed by atoms with E-state index in [2.05, 4.69) is 9.88 Å². The van der Waals surface area contributed by atoms with Crippen molar-refractivity contribution in [1.29, 1.82) is 0 Å². The molecule has 0 heterocycles. The fourth-order valence-electron chi connectivity index (χ4n) is 1.91. The van der Waals surface area contributed by atoms with Crippen LogP contribution >= 0.6 is 0 Å². The lowest BCUT2D eigenvalue weighted by molar-refractivity contribution is 0.307. The maximum atomic E-state index is 13.6. The monoisotopic (exact) mass is 321 g/mol. The van der Waals surface area contributed by atoms with Crippen LogP contribution in [0.5, 0.6) is 0 Å². The summed E-state index contributed by atoms with van der Waals surface area (Å²) in [6.07, 6.45) is 0.364. The summed E-state index contributed by atoms with van der Waals surface area (Å²) in [6, 6.07) is 2.12. The van der Waals surface area contributed by atoms with E-state index >= 15 is 0 Å². The Morgan fingerprint density at radius 3 is 2.38 bits per heavy atom. The molecule has 9 heteroatoms. The van der Waals surface area contributed by atoms with E-state index < -0.39 is 32.1 Å². The topological polar surface area (TPSA) is 105 Å². The van der Waals surface area contributed by atoms with E-state index in [4.69, 9.17) is 10.9 Å². The van der Waals surface area contributed by atoms with Crippen LogP contribution in [-0.4, -0.2) is 25.0 Å². The molecule has 0 radical (unpaired) electrons. The summed E-state index contributed by atoms with van der Waals surface area (Å²) in [5.41, 5.74) is 4.19. The smallest absolute Gasteiger partial charge is 0.244 e. The molecule has 0 fully saturated rings. The van der Waals surface area contributed by atoms with Crippen LogP contribution in [0.25, 0.3) is 0 Å². The first-order chi connectivity index (χ1) is 9.72. The van der Waals surface area contributed by atoms with Crippen molar-refractivity contribution < 1.29 is 22.4 Å². The number of amidine groups is 1. The molecule has 118 valence electrons. The van der Waals surface area contributed by atoms with Crippen molar-refractivity contribution in [2.24, 2.45) is 10.9 Å². The molecule has 0 aliphatic carbocycles. The Bertz CT molecular complexity index is 643. The summed E-state index contributed by atoms with van der Waals surface area (Å²) in [4.78, 5) is -0.707. The van der Waals surface area contributed by atoms with Crippen molar-refractivity contribution in [1.82, 2.24) is 4.72 Å². The molecule has 0 aromatic heterocycles. The van der Waals surface area contributed by atoms with Gasteiger partial charge in [0, 0.05) is 6.07 Å². The van der Waals surface area contributed by atoms with E-state index in [1.165, 1.54) is 0 Å². The summed E-state index contributed by atoms with van der Waals surface area (Å²) in [5, 5.41) is 11.6. The van der Waals surface area contributed by atoms with Crippen molar-refractivity contribution in [3.05, 3.63) is 29.8 Å². The van der Waals surface area contributed by atoms with Gasteiger partial charge < -0.3 is 10.9 Å². The molecule has 0 saturated carbocycles. The second-order valence-corrected chi connectivity index (χ2v) is 6.11. The van der Waals surface area contributed by atoms with Crippen LogP contribution in [0.3, 0.4) is 0 Å². The van der Waals surface area contributed by atoms with Crippen molar-refractivity contribution in [3.63, 3.8) is 0 Å². The maximum Gasteiger partial charge on any atom is 0.244 e. The van der Waals surface area contributed by atoms with Gasteiger partial charge in [0.15, 0.2) is 5.84 Å². The first-order valence-electron chi connectivity index (χ1n) is 6.19. The first-order valence-corrected chi connectivity index (χ1v) is 7.67. The molecule has 0 atom stereocenters. The van der Waals surface area contributed by atoms with Crippen molar-refractivity contribution in [3.8, 4) is 0 Å². The van der Waals surface area contributed by atoms with Crippen LogP contribution in [0, 0.1) is 11.6 Å². The summed E-state index contributed by atoms with van der Waals surface area (Å²) in [7, 11) is -4.31. The number of halogens is 2. The van der Waals surface area contributed by atoms with E-state index in [0.717, 1.165) is 12.1 Å². The summed E-state index contributed by atoms with van der Waals surface area (Å²) >= 11 is 0.